The Morgan fingerprint density at radius 1 is 1.06 bits per heavy atom. The number of hydrogen-bond donors (Lipinski definition) is 1. The van der Waals surface area contributed by atoms with E-state index >= 15 is 0 Å². The molecule has 0 unspecified atom stereocenters. The van der Waals surface area contributed by atoms with Crippen LogP contribution in [0.25, 0.3) is 0 Å². The molecule has 1 N–H and O–H groups in total. The first-order chi connectivity index (χ1) is 14.9. The summed E-state index contributed by atoms with van der Waals surface area (Å²) in [4.78, 5) is 26.9. The van der Waals surface area contributed by atoms with Crippen molar-refractivity contribution in [2.45, 2.75) is 26.3 Å². The lowest BCUT2D eigenvalue weighted by atomic mass is 10.0. The van der Waals surface area contributed by atoms with Crippen molar-refractivity contribution in [1.82, 2.24) is 0 Å². The van der Waals surface area contributed by atoms with E-state index in [1.807, 2.05) is 24.3 Å². The van der Waals surface area contributed by atoms with Crippen LogP contribution in [0.2, 0.25) is 0 Å². The van der Waals surface area contributed by atoms with E-state index in [0.29, 0.717) is 28.6 Å². The van der Waals surface area contributed by atoms with Gasteiger partial charge in [-0.2, -0.15) is 0 Å². The summed E-state index contributed by atoms with van der Waals surface area (Å²) in [7, 11) is 0. The quantitative estimate of drug-likeness (QED) is 0.625. The molecular formula is C25H23FN2O3. The second-order valence-electron chi connectivity index (χ2n) is 7.81. The molecule has 1 aliphatic heterocycles. The van der Waals surface area contributed by atoms with Crippen LogP contribution in [-0.4, -0.2) is 18.4 Å². The molecule has 0 atom stereocenters. The van der Waals surface area contributed by atoms with Crippen LogP contribution in [0.15, 0.2) is 66.7 Å². The molecule has 3 aromatic rings. The van der Waals surface area contributed by atoms with Crippen molar-refractivity contribution in [2.24, 2.45) is 0 Å². The molecule has 0 fully saturated rings. The Labute approximate surface area is 180 Å². The molecule has 0 spiro atoms. The fraction of sp³-hybridized carbons (Fsp3) is 0.200. The molecule has 0 saturated heterocycles. The van der Waals surface area contributed by atoms with E-state index in [-0.39, 0.29) is 30.8 Å². The fourth-order valence-electron chi connectivity index (χ4n) is 3.44. The van der Waals surface area contributed by atoms with Gasteiger partial charge in [0.25, 0.3) is 11.8 Å². The fourth-order valence-corrected chi connectivity index (χ4v) is 3.44. The van der Waals surface area contributed by atoms with Gasteiger partial charge in [0.1, 0.15) is 11.6 Å². The van der Waals surface area contributed by atoms with Crippen LogP contribution >= 0.6 is 0 Å². The lowest BCUT2D eigenvalue weighted by Gasteiger charge is -2.30. The molecule has 1 aliphatic rings. The van der Waals surface area contributed by atoms with E-state index in [0.717, 1.165) is 5.56 Å². The van der Waals surface area contributed by atoms with Crippen molar-refractivity contribution in [3.8, 4) is 5.75 Å². The smallest absolute Gasteiger partial charge is 0.265 e. The lowest BCUT2D eigenvalue weighted by Crippen LogP contribution is -2.38. The summed E-state index contributed by atoms with van der Waals surface area (Å²) in [5, 5.41) is 2.89. The Hall–Kier alpha value is -3.67. The lowest BCUT2D eigenvalue weighted by molar-refractivity contribution is -0.121. The topological polar surface area (TPSA) is 58.6 Å². The van der Waals surface area contributed by atoms with Gasteiger partial charge in [-0.15, -0.1) is 0 Å². The Balaban J connectivity index is 1.56. The van der Waals surface area contributed by atoms with Gasteiger partial charge in [-0.05, 0) is 59.5 Å². The standard InChI is InChI=1S/C25H23FN2O3/c1-16(2)18-5-10-21(11-6-18)27-25(30)19-7-12-23-22(13-19)28(24(29)15-31-23)14-17-3-8-20(26)9-4-17/h3-13,16H,14-15H2,1-2H3,(H,27,30). The number of halogens is 1. The van der Waals surface area contributed by atoms with Gasteiger partial charge in [-0.25, -0.2) is 4.39 Å². The van der Waals surface area contributed by atoms with Crippen LogP contribution < -0.4 is 15.0 Å². The van der Waals surface area contributed by atoms with Crippen LogP contribution in [0.5, 0.6) is 5.75 Å². The molecule has 0 aromatic heterocycles. The minimum atomic E-state index is -0.335. The van der Waals surface area contributed by atoms with Crippen LogP contribution in [0, 0.1) is 5.82 Å². The van der Waals surface area contributed by atoms with Crippen LogP contribution in [0.1, 0.15) is 41.3 Å². The van der Waals surface area contributed by atoms with Crippen molar-refractivity contribution in [1.29, 1.82) is 0 Å². The molecule has 0 saturated carbocycles. The van der Waals surface area contributed by atoms with Gasteiger partial charge in [0.2, 0.25) is 0 Å². The normalized spacial score (nSPS) is 13.0. The van der Waals surface area contributed by atoms with Crippen molar-refractivity contribution >= 4 is 23.2 Å². The Morgan fingerprint density at radius 2 is 1.77 bits per heavy atom. The molecule has 158 valence electrons. The first-order valence-electron chi connectivity index (χ1n) is 10.1. The summed E-state index contributed by atoms with van der Waals surface area (Å²) in [6, 6.07) is 18.7. The Kier molecular flexibility index (Phi) is 5.71. The van der Waals surface area contributed by atoms with Gasteiger partial charge in [-0.1, -0.05) is 38.1 Å². The summed E-state index contributed by atoms with van der Waals surface area (Å²) in [5.74, 6) is 0.103. The minimum absolute atomic E-state index is 0.0814. The minimum Gasteiger partial charge on any atom is -0.482 e. The zero-order valence-electron chi connectivity index (χ0n) is 17.4. The largest absolute Gasteiger partial charge is 0.482 e. The van der Waals surface area contributed by atoms with Crippen LogP contribution in [0.4, 0.5) is 15.8 Å². The van der Waals surface area contributed by atoms with Crippen molar-refractivity contribution in [2.75, 3.05) is 16.8 Å². The van der Waals surface area contributed by atoms with E-state index < -0.39 is 0 Å². The monoisotopic (exact) mass is 418 g/mol. The maximum absolute atomic E-state index is 13.2. The highest BCUT2D eigenvalue weighted by atomic mass is 19.1. The van der Waals surface area contributed by atoms with E-state index in [1.54, 1.807) is 35.2 Å². The predicted octanol–water partition coefficient (Wildman–Crippen LogP) is 5.13. The van der Waals surface area contributed by atoms with Gasteiger partial charge < -0.3 is 15.0 Å². The van der Waals surface area contributed by atoms with E-state index in [1.165, 1.54) is 17.7 Å². The van der Waals surface area contributed by atoms with Gasteiger partial charge in [0.05, 0.1) is 12.2 Å². The number of hydrogen-bond acceptors (Lipinski definition) is 3. The average molecular weight is 418 g/mol. The van der Waals surface area contributed by atoms with E-state index in [4.69, 9.17) is 4.74 Å². The number of rotatable bonds is 5. The number of carbonyl (C=O) groups excluding carboxylic acids is 2. The molecule has 4 rings (SSSR count). The highest BCUT2D eigenvalue weighted by molar-refractivity contribution is 6.06. The number of amides is 2. The predicted molar refractivity (Wildman–Crippen MR) is 118 cm³/mol. The van der Waals surface area contributed by atoms with Crippen molar-refractivity contribution in [3.05, 3.63) is 89.2 Å². The van der Waals surface area contributed by atoms with Gasteiger partial charge in [-0.3, -0.25) is 9.59 Å². The van der Waals surface area contributed by atoms with E-state index in [2.05, 4.69) is 19.2 Å². The highest BCUT2D eigenvalue weighted by Crippen LogP contribution is 2.34. The van der Waals surface area contributed by atoms with Gasteiger partial charge in [0.15, 0.2) is 6.61 Å². The molecule has 0 aliphatic carbocycles. The number of fused-ring (bicyclic) bond motifs is 1. The summed E-state index contributed by atoms with van der Waals surface area (Å²) in [6.45, 7) is 4.41. The number of anilines is 2. The summed E-state index contributed by atoms with van der Waals surface area (Å²) in [5.41, 5.74) is 3.60. The molecular weight excluding hydrogens is 395 g/mol. The Bertz CT molecular complexity index is 1110. The first-order valence-corrected chi connectivity index (χ1v) is 10.1. The summed E-state index contributed by atoms with van der Waals surface area (Å²) in [6.07, 6.45) is 0. The van der Waals surface area contributed by atoms with Crippen molar-refractivity contribution in [3.63, 3.8) is 0 Å². The zero-order chi connectivity index (χ0) is 22.0. The second kappa shape index (κ2) is 8.60. The molecule has 1 heterocycles. The third-order valence-electron chi connectivity index (χ3n) is 5.25. The molecule has 0 bridgehead atoms. The number of nitrogens with one attached hydrogen (secondary N) is 1. The number of nitrogens with zero attached hydrogens (tertiary/aromatic N) is 1. The molecule has 5 nitrogen and oxygen atoms in total. The molecule has 2 amide bonds. The van der Waals surface area contributed by atoms with E-state index in [9.17, 15) is 14.0 Å². The molecule has 31 heavy (non-hydrogen) atoms. The zero-order valence-corrected chi connectivity index (χ0v) is 17.4. The third-order valence-corrected chi connectivity index (χ3v) is 5.25. The number of ether oxygens (including phenoxy) is 1. The first kappa shape index (κ1) is 20.6. The summed E-state index contributed by atoms with van der Waals surface area (Å²) >= 11 is 0. The number of benzene rings is 3. The number of carbonyl (C=O) groups is 2. The molecule has 6 heteroatoms. The molecule has 3 aromatic carbocycles. The third kappa shape index (κ3) is 4.58. The maximum atomic E-state index is 13.2. The highest BCUT2D eigenvalue weighted by Gasteiger charge is 2.26. The Morgan fingerprint density at radius 3 is 2.45 bits per heavy atom. The average Bonchev–Trinajstić information content (AvgIpc) is 2.77. The maximum Gasteiger partial charge on any atom is 0.265 e. The van der Waals surface area contributed by atoms with Crippen LogP contribution in [-0.2, 0) is 11.3 Å². The molecule has 0 radical (unpaired) electrons. The van der Waals surface area contributed by atoms with Crippen LogP contribution in [0.3, 0.4) is 0 Å². The van der Waals surface area contributed by atoms with Gasteiger partial charge >= 0.3 is 0 Å². The van der Waals surface area contributed by atoms with Gasteiger partial charge in [0, 0.05) is 11.3 Å². The summed E-state index contributed by atoms with van der Waals surface area (Å²) < 4.78 is 18.7. The SMILES string of the molecule is CC(C)c1ccc(NC(=O)c2ccc3c(c2)N(Cc2ccc(F)cc2)C(=O)CO3)cc1. The second-order valence-corrected chi connectivity index (χ2v) is 7.81. The van der Waals surface area contributed by atoms with Crippen molar-refractivity contribution < 1.29 is 18.7 Å².